The second-order valence-electron chi connectivity index (χ2n) is 3.26. The lowest BCUT2D eigenvalue weighted by atomic mass is 10.2. The molecule has 0 unspecified atom stereocenters. The van der Waals surface area contributed by atoms with Crippen molar-refractivity contribution in [2.45, 2.75) is 18.7 Å². The molecule has 5 heteroatoms. The molecule has 16 heavy (non-hydrogen) atoms. The number of allylic oxidation sites excluding steroid dienone is 1. The molecule has 88 valence electrons. The highest BCUT2D eigenvalue weighted by Gasteiger charge is 2.14. The first-order chi connectivity index (χ1) is 7.45. The summed E-state index contributed by atoms with van der Waals surface area (Å²) in [5, 5.41) is 0. The zero-order chi connectivity index (χ0) is 12.2. The largest absolute Gasteiger partial charge is 0.297 e. The summed E-state index contributed by atoms with van der Waals surface area (Å²) in [5.74, 6) is 0. The Morgan fingerprint density at radius 3 is 2.44 bits per heavy atom. The summed E-state index contributed by atoms with van der Waals surface area (Å²) in [5.41, 5.74) is 1.02. The van der Waals surface area contributed by atoms with Crippen LogP contribution in [0.15, 0.2) is 38.8 Å². The molecule has 0 saturated carbocycles. The molecule has 0 fully saturated rings. The SMILES string of the molecule is C/C=C(\I)COS(=O)(=O)c1ccc(C)cc1. The molecule has 0 radical (unpaired) electrons. The van der Waals surface area contributed by atoms with Gasteiger partial charge in [0, 0.05) is 3.58 Å². The first-order valence-corrected chi connectivity index (χ1v) is 7.21. The van der Waals surface area contributed by atoms with Crippen molar-refractivity contribution in [1.29, 1.82) is 0 Å². The quantitative estimate of drug-likeness (QED) is 0.618. The normalized spacial score (nSPS) is 12.8. The second kappa shape index (κ2) is 5.79. The molecule has 1 rings (SSSR count). The molecule has 0 saturated heterocycles. The third-order valence-electron chi connectivity index (χ3n) is 1.97. The molecule has 1 aromatic carbocycles. The Bertz CT molecular complexity index is 474. The average molecular weight is 352 g/mol. The molecular weight excluding hydrogens is 339 g/mol. The third-order valence-corrected chi connectivity index (χ3v) is 4.19. The second-order valence-corrected chi connectivity index (χ2v) is 6.27. The van der Waals surface area contributed by atoms with Crippen LogP contribution in [0.5, 0.6) is 0 Å². The number of rotatable bonds is 4. The van der Waals surface area contributed by atoms with Crippen LogP contribution in [0.1, 0.15) is 12.5 Å². The van der Waals surface area contributed by atoms with Gasteiger partial charge in [0.05, 0.1) is 11.5 Å². The lowest BCUT2D eigenvalue weighted by Gasteiger charge is -2.05. The van der Waals surface area contributed by atoms with Crippen LogP contribution < -0.4 is 0 Å². The summed E-state index contributed by atoms with van der Waals surface area (Å²) in [6.45, 7) is 3.83. The van der Waals surface area contributed by atoms with E-state index in [0.717, 1.165) is 9.14 Å². The van der Waals surface area contributed by atoms with Gasteiger partial charge >= 0.3 is 0 Å². The highest BCUT2D eigenvalue weighted by Crippen LogP contribution is 2.15. The van der Waals surface area contributed by atoms with Crippen molar-refractivity contribution in [3.63, 3.8) is 0 Å². The molecule has 0 heterocycles. The molecule has 1 aromatic rings. The van der Waals surface area contributed by atoms with Crippen molar-refractivity contribution < 1.29 is 12.6 Å². The van der Waals surface area contributed by atoms with Gasteiger partial charge in [-0.15, -0.1) is 0 Å². The minimum Gasteiger partial charge on any atom is -0.261 e. The lowest BCUT2D eigenvalue weighted by Crippen LogP contribution is -2.07. The van der Waals surface area contributed by atoms with E-state index in [9.17, 15) is 8.42 Å². The molecule has 0 aliphatic carbocycles. The van der Waals surface area contributed by atoms with Crippen molar-refractivity contribution in [3.8, 4) is 0 Å². The summed E-state index contributed by atoms with van der Waals surface area (Å²) in [7, 11) is -3.63. The standard InChI is InChI=1S/C11H13IO3S/c1-3-10(12)8-15-16(13,14)11-6-4-9(2)5-7-11/h3-7H,8H2,1-2H3/b10-3-. The topological polar surface area (TPSA) is 43.4 Å². The average Bonchev–Trinajstić information content (AvgIpc) is 2.26. The van der Waals surface area contributed by atoms with E-state index in [0.29, 0.717) is 0 Å². The maximum absolute atomic E-state index is 11.7. The Morgan fingerprint density at radius 1 is 1.38 bits per heavy atom. The molecule has 0 spiro atoms. The first-order valence-electron chi connectivity index (χ1n) is 4.72. The van der Waals surface area contributed by atoms with E-state index in [1.54, 1.807) is 24.3 Å². The number of halogens is 1. The summed E-state index contributed by atoms with van der Waals surface area (Å²) >= 11 is 2.04. The van der Waals surface area contributed by atoms with Gasteiger partial charge in [-0.1, -0.05) is 23.8 Å². The smallest absolute Gasteiger partial charge is 0.261 e. The molecule has 0 aliphatic rings. The molecule has 0 aliphatic heterocycles. The minimum atomic E-state index is -3.63. The predicted molar refractivity (Wildman–Crippen MR) is 72.1 cm³/mol. The van der Waals surface area contributed by atoms with Crippen LogP contribution in [0.3, 0.4) is 0 Å². The fourth-order valence-electron chi connectivity index (χ4n) is 0.990. The van der Waals surface area contributed by atoms with Crippen LogP contribution in [0.25, 0.3) is 0 Å². The number of hydrogen-bond acceptors (Lipinski definition) is 3. The summed E-state index contributed by atoms with van der Waals surface area (Å²) in [4.78, 5) is 0.193. The van der Waals surface area contributed by atoms with Crippen molar-refractivity contribution in [3.05, 3.63) is 39.5 Å². The summed E-state index contributed by atoms with van der Waals surface area (Å²) in [6.07, 6.45) is 1.81. The van der Waals surface area contributed by atoms with Crippen molar-refractivity contribution in [2.75, 3.05) is 6.61 Å². The van der Waals surface area contributed by atoms with Gasteiger partial charge in [0.1, 0.15) is 0 Å². The van der Waals surface area contributed by atoms with E-state index in [2.05, 4.69) is 0 Å². The molecule has 0 aromatic heterocycles. The molecule has 0 bridgehead atoms. The maximum atomic E-state index is 11.7. The Kier molecular flexibility index (Phi) is 4.94. The minimum absolute atomic E-state index is 0.0905. The number of hydrogen-bond donors (Lipinski definition) is 0. The van der Waals surface area contributed by atoms with Gasteiger partial charge in [-0.3, -0.25) is 4.18 Å². The molecule has 0 atom stereocenters. The van der Waals surface area contributed by atoms with Crippen LogP contribution >= 0.6 is 22.6 Å². The van der Waals surface area contributed by atoms with Crippen LogP contribution in [0, 0.1) is 6.92 Å². The van der Waals surface area contributed by atoms with E-state index >= 15 is 0 Å². The highest BCUT2D eigenvalue weighted by atomic mass is 127. The fraction of sp³-hybridized carbons (Fsp3) is 0.273. The summed E-state index contributed by atoms with van der Waals surface area (Å²) in [6, 6.07) is 6.59. The van der Waals surface area contributed by atoms with Gasteiger partial charge in [-0.2, -0.15) is 8.42 Å². The first kappa shape index (κ1) is 13.7. The van der Waals surface area contributed by atoms with Crippen LogP contribution in [0.2, 0.25) is 0 Å². The molecular formula is C11H13IO3S. The number of aryl methyl sites for hydroxylation is 1. The van der Waals surface area contributed by atoms with Crippen molar-refractivity contribution >= 4 is 32.7 Å². The van der Waals surface area contributed by atoms with Crippen molar-refractivity contribution in [2.24, 2.45) is 0 Å². The van der Waals surface area contributed by atoms with Gasteiger partial charge in [0.25, 0.3) is 10.1 Å². The van der Waals surface area contributed by atoms with Gasteiger partial charge < -0.3 is 0 Å². The molecule has 3 nitrogen and oxygen atoms in total. The third kappa shape index (κ3) is 3.88. The van der Waals surface area contributed by atoms with E-state index in [1.807, 2.05) is 42.5 Å². The lowest BCUT2D eigenvalue weighted by molar-refractivity contribution is 0.356. The van der Waals surface area contributed by atoms with Crippen LogP contribution in [-0.2, 0) is 14.3 Å². The predicted octanol–water partition coefficient (Wildman–Crippen LogP) is 3.04. The Balaban J connectivity index is 2.82. The summed E-state index contributed by atoms with van der Waals surface area (Å²) < 4.78 is 29.2. The Hall–Kier alpha value is -0.400. The highest BCUT2D eigenvalue weighted by molar-refractivity contribution is 14.1. The Labute approximate surface area is 110 Å². The van der Waals surface area contributed by atoms with E-state index in [-0.39, 0.29) is 11.5 Å². The monoisotopic (exact) mass is 352 g/mol. The molecule has 0 N–H and O–H groups in total. The maximum Gasteiger partial charge on any atom is 0.297 e. The van der Waals surface area contributed by atoms with Gasteiger partial charge in [0.15, 0.2) is 0 Å². The van der Waals surface area contributed by atoms with Crippen LogP contribution in [-0.4, -0.2) is 15.0 Å². The van der Waals surface area contributed by atoms with Gasteiger partial charge in [0.2, 0.25) is 0 Å². The van der Waals surface area contributed by atoms with E-state index in [1.165, 1.54) is 0 Å². The van der Waals surface area contributed by atoms with E-state index < -0.39 is 10.1 Å². The van der Waals surface area contributed by atoms with Crippen molar-refractivity contribution in [1.82, 2.24) is 0 Å². The molecule has 0 amide bonds. The zero-order valence-corrected chi connectivity index (χ0v) is 12.1. The van der Waals surface area contributed by atoms with E-state index in [4.69, 9.17) is 4.18 Å². The fourth-order valence-corrected chi connectivity index (χ4v) is 2.24. The van der Waals surface area contributed by atoms with Gasteiger partial charge in [-0.25, -0.2) is 0 Å². The van der Waals surface area contributed by atoms with Crippen LogP contribution in [0.4, 0.5) is 0 Å². The Morgan fingerprint density at radius 2 is 1.94 bits per heavy atom. The zero-order valence-electron chi connectivity index (χ0n) is 9.10. The number of benzene rings is 1. The van der Waals surface area contributed by atoms with Gasteiger partial charge in [-0.05, 0) is 48.6 Å².